The van der Waals surface area contributed by atoms with Gasteiger partial charge < -0.3 is 20.9 Å². The number of aromatic nitrogens is 2. The number of nitrogens with zero attached hydrogens (tertiary/aromatic N) is 3. The smallest absolute Gasteiger partial charge is 0.227 e. The van der Waals surface area contributed by atoms with Crippen molar-refractivity contribution in [2.75, 3.05) is 41.7 Å². The molecule has 29 heavy (non-hydrogen) atoms. The van der Waals surface area contributed by atoms with Gasteiger partial charge in [0.05, 0.1) is 5.92 Å². The van der Waals surface area contributed by atoms with Crippen LogP contribution in [0.15, 0.2) is 30.3 Å². The minimum Gasteiger partial charge on any atom is -0.370 e. The van der Waals surface area contributed by atoms with Crippen molar-refractivity contribution in [2.24, 2.45) is 5.92 Å². The number of carbonyl (C=O) groups excluding carboxylic acids is 2. The first-order valence-electron chi connectivity index (χ1n) is 9.63. The number of nitrogens with one attached hydrogen (secondary N) is 3. The first-order valence-corrected chi connectivity index (χ1v) is 9.63. The van der Waals surface area contributed by atoms with Gasteiger partial charge in [-0.1, -0.05) is 0 Å². The molecule has 1 atom stereocenters. The van der Waals surface area contributed by atoms with Gasteiger partial charge in [-0.15, -0.1) is 0 Å². The maximum atomic E-state index is 13.1. The summed E-state index contributed by atoms with van der Waals surface area (Å²) in [5.74, 6) is 0.991. The highest BCUT2D eigenvalue weighted by Gasteiger charge is 2.34. The molecule has 1 saturated heterocycles. The number of aryl methyl sites for hydroxylation is 1. The number of halogens is 1. The SMILES string of the molecule is CCNc1cc(NCCNC(=O)C2CC(=O)N(c3ccc(F)cc3)C2)nc(C)n1. The van der Waals surface area contributed by atoms with Crippen LogP contribution in [0.4, 0.5) is 21.7 Å². The van der Waals surface area contributed by atoms with Gasteiger partial charge in [-0.3, -0.25) is 9.59 Å². The highest BCUT2D eigenvalue weighted by atomic mass is 19.1. The van der Waals surface area contributed by atoms with E-state index >= 15 is 0 Å². The van der Waals surface area contributed by atoms with Crippen molar-refractivity contribution in [1.29, 1.82) is 0 Å². The van der Waals surface area contributed by atoms with Gasteiger partial charge in [0.25, 0.3) is 0 Å². The van der Waals surface area contributed by atoms with Gasteiger partial charge >= 0.3 is 0 Å². The Balaban J connectivity index is 1.46. The molecule has 0 radical (unpaired) electrons. The standard InChI is InChI=1S/C20H25FN6O2/c1-3-22-17-11-18(26-13(2)25-17)23-8-9-24-20(29)14-10-19(28)27(12-14)16-6-4-15(21)5-7-16/h4-7,11,14H,3,8-10,12H2,1-2H3,(H,24,29)(H2,22,23,25,26). The molecule has 1 aromatic heterocycles. The Morgan fingerprint density at radius 2 is 1.86 bits per heavy atom. The van der Waals surface area contributed by atoms with E-state index in [4.69, 9.17) is 0 Å². The summed E-state index contributed by atoms with van der Waals surface area (Å²) in [7, 11) is 0. The van der Waals surface area contributed by atoms with Crippen molar-refractivity contribution in [1.82, 2.24) is 15.3 Å². The van der Waals surface area contributed by atoms with Crippen molar-refractivity contribution >= 4 is 29.1 Å². The Bertz CT molecular complexity index is 874. The number of hydrogen-bond acceptors (Lipinski definition) is 6. The van der Waals surface area contributed by atoms with E-state index in [0.29, 0.717) is 37.0 Å². The largest absolute Gasteiger partial charge is 0.370 e. The molecule has 154 valence electrons. The van der Waals surface area contributed by atoms with Gasteiger partial charge in [0.2, 0.25) is 11.8 Å². The number of rotatable bonds is 8. The zero-order valence-electron chi connectivity index (χ0n) is 16.5. The lowest BCUT2D eigenvalue weighted by Crippen LogP contribution is -2.35. The van der Waals surface area contributed by atoms with Crippen LogP contribution in [0, 0.1) is 18.7 Å². The second-order valence-corrected chi connectivity index (χ2v) is 6.82. The van der Waals surface area contributed by atoms with Crippen molar-refractivity contribution in [3.05, 3.63) is 42.0 Å². The fourth-order valence-corrected chi connectivity index (χ4v) is 3.20. The molecule has 0 bridgehead atoms. The van der Waals surface area contributed by atoms with Gasteiger partial charge in [-0.25, -0.2) is 14.4 Å². The van der Waals surface area contributed by atoms with E-state index in [-0.39, 0.29) is 24.1 Å². The highest BCUT2D eigenvalue weighted by molar-refractivity contribution is 6.00. The average molecular weight is 400 g/mol. The molecule has 1 aliphatic heterocycles. The van der Waals surface area contributed by atoms with Crippen LogP contribution in [0.1, 0.15) is 19.2 Å². The summed E-state index contributed by atoms with van der Waals surface area (Å²) < 4.78 is 13.1. The van der Waals surface area contributed by atoms with Crippen molar-refractivity contribution < 1.29 is 14.0 Å². The fraction of sp³-hybridized carbons (Fsp3) is 0.400. The molecule has 1 unspecified atom stereocenters. The summed E-state index contributed by atoms with van der Waals surface area (Å²) in [6.07, 6.45) is 0.147. The molecular weight excluding hydrogens is 375 g/mol. The van der Waals surface area contributed by atoms with Crippen LogP contribution < -0.4 is 20.9 Å². The van der Waals surface area contributed by atoms with Crippen LogP contribution in [0.25, 0.3) is 0 Å². The molecular formula is C20H25FN6O2. The third-order valence-corrected chi connectivity index (χ3v) is 4.56. The maximum Gasteiger partial charge on any atom is 0.227 e. The Hall–Kier alpha value is -3.23. The average Bonchev–Trinajstić information content (AvgIpc) is 3.07. The summed E-state index contributed by atoms with van der Waals surface area (Å²) in [5.41, 5.74) is 0.601. The van der Waals surface area contributed by atoms with Crippen LogP contribution in [0.2, 0.25) is 0 Å². The molecule has 1 fully saturated rings. The van der Waals surface area contributed by atoms with Crippen molar-refractivity contribution in [3.8, 4) is 0 Å². The number of benzene rings is 1. The van der Waals surface area contributed by atoms with Gasteiger partial charge in [0, 0.05) is 44.4 Å². The topological polar surface area (TPSA) is 99.2 Å². The third-order valence-electron chi connectivity index (χ3n) is 4.56. The first kappa shape index (κ1) is 20.5. The fourth-order valence-electron chi connectivity index (χ4n) is 3.20. The molecule has 2 heterocycles. The normalized spacial score (nSPS) is 16.0. The lowest BCUT2D eigenvalue weighted by atomic mass is 10.1. The molecule has 0 spiro atoms. The van der Waals surface area contributed by atoms with E-state index in [1.54, 1.807) is 12.1 Å². The predicted octanol–water partition coefficient (Wildman–Crippen LogP) is 1.94. The quantitative estimate of drug-likeness (QED) is 0.586. The number of carbonyl (C=O) groups is 2. The van der Waals surface area contributed by atoms with Gasteiger partial charge in [0.15, 0.2) is 0 Å². The summed E-state index contributed by atoms with van der Waals surface area (Å²) >= 11 is 0. The first-order chi connectivity index (χ1) is 14.0. The van der Waals surface area contributed by atoms with E-state index in [0.717, 1.165) is 12.4 Å². The van der Waals surface area contributed by atoms with Crippen LogP contribution in [-0.2, 0) is 9.59 Å². The Kier molecular flexibility index (Phi) is 6.58. The van der Waals surface area contributed by atoms with Gasteiger partial charge in [0.1, 0.15) is 23.3 Å². The van der Waals surface area contributed by atoms with Crippen LogP contribution in [-0.4, -0.2) is 48.0 Å². The second-order valence-electron chi connectivity index (χ2n) is 6.82. The molecule has 9 heteroatoms. The van der Waals surface area contributed by atoms with E-state index in [9.17, 15) is 14.0 Å². The summed E-state index contributed by atoms with van der Waals surface area (Å²) in [6, 6.07) is 7.51. The van der Waals surface area contributed by atoms with Gasteiger partial charge in [-0.05, 0) is 38.1 Å². The Morgan fingerprint density at radius 3 is 2.55 bits per heavy atom. The minimum absolute atomic E-state index is 0.137. The summed E-state index contributed by atoms with van der Waals surface area (Å²) in [4.78, 5) is 34.8. The minimum atomic E-state index is -0.422. The number of amides is 2. The molecule has 0 saturated carbocycles. The van der Waals surface area contributed by atoms with Gasteiger partial charge in [-0.2, -0.15) is 0 Å². The van der Waals surface area contributed by atoms with Crippen LogP contribution in [0.5, 0.6) is 0 Å². The molecule has 2 amide bonds. The summed E-state index contributed by atoms with van der Waals surface area (Å²) in [5, 5.41) is 9.15. The Morgan fingerprint density at radius 1 is 1.17 bits per heavy atom. The number of anilines is 3. The van der Waals surface area contributed by atoms with E-state index < -0.39 is 5.92 Å². The third kappa shape index (κ3) is 5.40. The highest BCUT2D eigenvalue weighted by Crippen LogP contribution is 2.25. The molecule has 1 aliphatic rings. The lowest BCUT2D eigenvalue weighted by Gasteiger charge is -2.16. The van der Waals surface area contributed by atoms with E-state index in [2.05, 4.69) is 25.9 Å². The predicted molar refractivity (Wildman–Crippen MR) is 109 cm³/mol. The number of hydrogen-bond donors (Lipinski definition) is 3. The monoisotopic (exact) mass is 400 g/mol. The molecule has 1 aromatic carbocycles. The van der Waals surface area contributed by atoms with Crippen LogP contribution in [0.3, 0.4) is 0 Å². The molecule has 8 nitrogen and oxygen atoms in total. The second kappa shape index (κ2) is 9.31. The molecule has 3 N–H and O–H groups in total. The van der Waals surface area contributed by atoms with E-state index in [1.807, 2.05) is 19.9 Å². The maximum absolute atomic E-state index is 13.1. The Labute approximate surface area is 168 Å². The van der Waals surface area contributed by atoms with Crippen molar-refractivity contribution in [3.63, 3.8) is 0 Å². The lowest BCUT2D eigenvalue weighted by molar-refractivity contribution is -0.126. The zero-order valence-corrected chi connectivity index (χ0v) is 16.5. The molecule has 0 aliphatic carbocycles. The van der Waals surface area contributed by atoms with Crippen LogP contribution >= 0.6 is 0 Å². The van der Waals surface area contributed by atoms with E-state index in [1.165, 1.54) is 17.0 Å². The zero-order chi connectivity index (χ0) is 20.8. The summed E-state index contributed by atoms with van der Waals surface area (Å²) in [6.45, 7) is 5.76. The molecule has 3 rings (SSSR count). The molecule has 2 aromatic rings. The van der Waals surface area contributed by atoms with Crippen molar-refractivity contribution in [2.45, 2.75) is 20.3 Å².